The highest BCUT2D eigenvalue weighted by atomic mass is 35.5. The molecule has 0 spiro atoms. The maximum atomic E-state index is 12.9. The van der Waals surface area contributed by atoms with Gasteiger partial charge >= 0.3 is 0 Å². The quantitative estimate of drug-likeness (QED) is 0.712. The van der Waals surface area contributed by atoms with Crippen LogP contribution in [0.1, 0.15) is 31.3 Å². The molecule has 0 fully saturated rings. The molecule has 0 atom stereocenters. The van der Waals surface area contributed by atoms with Gasteiger partial charge in [0.2, 0.25) is 10.0 Å². The molecule has 0 saturated carbocycles. The van der Waals surface area contributed by atoms with Gasteiger partial charge in [0.05, 0.1) is 11.6 Å². The molecule has 0 aliphatic carbocycles. The maximum Gasteiger partial charge on any atom is 0.272 e. The first-order valence-electron chi connectivity index (χ1n) is 8.25. The van der Waals surface area contributed by atoms with E-state index in [2.05, 4.69) is 10.3 Å². The van der Waals surface area contributed by atoms with Crippen LogP contribution in [0, 0.1) is 0 Å². The van der Waals surface area contributed by atoms with Gasteiger partial charge in [0.15, 0.2) is 0 Å². The second-order valence-corrected chi connectivity index (χ2v) is 7.71. The summed E-state index contributed by atoms with van der Waals surface area (Å²) in [6, 6.07) is 6.02. The fraction of sp³-hybridized carbons (Fsp3) is 0.353. The summed E-state index contributed by atoms with van der Waals surface area (Å²) >= 11 is 5.80. The monoisotopic (exact) mass is 399 g/mol. The van der Waals surface area contributed by atoms with Crippen molar-refractivity contribution in [2.45, 2.75) is 25.7 Å². The number of hydrogen-bond acceptors (Lipinski definition) is 4. The summed E-state index contributed by atoms with van der Waals surface area (Å²) in [5.41, 5.74) is 0.618. The molecule has 26 heavy (non-hydrogen) atoms. The molecule has 142 valence electrons. The number of amides is 1. The summed E-state index contributed by atoms with van der Waals surface area (Å²) in [5.74, 6) is -0.174. The molecule has 2 rings (SSSR count). The molecule has 1 aromatic carbocycles. The normalized spacial score (nSPS) is 11.6. The lowest BCUT2D eigenvalue weighted by atomic mass is 10.3. The smallest absolute Gasteiger partial charge is 0.272 e. The van der Waals surface area contributed by atoms with Crippen LogP contribution in [0.15, 0.2) is 35.4 Å². The van der Waals surface area contributed by atoms with Crippen LogP contribution in [-0.4, -0.2) is 43.3 Å². The van der Waals surface area contributed by atoms with E-state index in [1.54, 1.807) is 26.8 Å². The number of nitrogens with one attached hydrogen (secondary N) is 2. The van der Waals surface area contributed by atoms with E-state index < -0.39 is 15.9 Å². The highest BCUT2D eigenvalue weighted by Gasteiger charge is 2.26. The zero-order valence-electron chi connectivity index (χ0n) is 14.9. The predicted molar refractivity (Wildman–Crippen MR) is 101 cm³/mol. The molecular weight excluding hydrogens is 378 g/mol. The van der Waals surface area contributed by atoms with Crippen molar-refractivity contribution in [3.8, 4) is 5.75 Å². The first-order valence-corrected chi connectivity index (χ1v) is 10.1. The SMILES string of the molecule is CCOc1ccc(NC(=O)c2cc(Cl)c[nH]2)cc1S(=O)(=O)N(CC)CC. The minimum atomic E-state index is -3.74. The van der Waals surface area contributed by atoms with Crippen molar-refractivity contribution in [1.82, 2.24) is 9.29 Å². The van der Waals surface area contributed by atoms with Crippen LogP contribution in [0.25, 0.3) is 0 Å². The van der Waals surface area contributed by atoms with Crippen molar-refractivity contribution < 1.29 is 17.9 Å². The number of nitrogens with zero attached hydrogens (tertiary/aromatic N) is 1. The highest BCUT2D eigenvalue weighted by Crippen LogP contribution is 2.30. The topological polar surface area (TPSA) is 91.5 Å². The molecule has 1 amide bonds. The Balaban J connectivity index is 2.40. The summed E-state index contributed by atoms with van der Waals surface area (Å²) in [7, 11) is -3.74. The summed E-state index contributed by atoms with van der Waals surface area (Å²) < 4.78 is 32.6. The first kappa shape index (κ1) is 20.3. The zero-order chi connectivity index (χ0) is 19.3. The van der Waals surface area contributed by atoms with Crippen LogP contribution in [-0.2, 0) is 10.0 Å². The number of benzene rings is 1. The molecule has 0 aliphatic rings. The Hall–Kier alpha value is -2.03. The van der Waals surface area contributed by atoms with E-state index in [1.165, 1.54) is 28.7 Å². The summed E-state index contributed by atoms with van der Waals surface area (Å²) in [6.45, 7) is 6.31. The van der Waals surface area contributed by atoms with Gasteiger partial charge in [-0.2, -0.15) is 4.31 Å². The lowest BCUT2D eigenvalue weighted by Gasteiger charge is -2.21. The van der Waals surface area contributed by atoms with Crippen LogP contribution in [0.3, 0.4) is 0 Å². The molecule has 1 aromatic heterocycles. The first-order chi connectivity index (χ1) is 12.3. The van der Waals surface area contributed by atoms with Gasteiger partial charge in [-0.25, -0.2) is 8.42 Å². The summed E-state index contributed by atoms with van der Waals surface area (Å²) in [6.07, 6.45) is 1.49. The molecule has 0 bridgehead atoms. The lowest BCUT2D eigenvalue weighted by molar-refractivity contribution is 0.102. The third-order valence-electron chi connectivity index (χ3n) is 3.72. The van der Waals surface area contributed by atoms with E-state index >= 15 is 0 Å². The van der Waals surface area contributed by atoms with Gasteiger partial charge in [0.1, 0.15) is 16.3 Å². The molecular formula is C17H22ClN3O4S. The maximum absolute atomic E-state index is 12.9. The predicted octanol–water partition coefficient (Wildman–Crippen LogP) is 3.35. The molecule has 2 N–H and O–H groups in total. The van der Waals surface area contributed by atoms with E-state index in [9.17, 15) is 13.2 Å². The number of ether oxygens (including phenoxy) is 1. The van der Waals surface area contributed by atoms with Crippen molar-refractivity contribution >= 4 is 33.2 Å². The van der Waals surface area contributed by atoms with Crippen LogP contribution >= 0.6 is 11.6 Å². The highest BCUT2D eigenvalue weighted by molar-refractivity contribution is 7.89. The molecule has 0 aliphatic heterocycles. The van der Waals surface area contributed by atoms with Crippen molar-refractivity contribution in [2.24, 2.45) is 0 Å². The molecule has 7 nitrogen and oxygen atoms in total. The van der Waals surface area contributed by atoms with Crippen molar-refractivity contribution in [3.63, 3.8) is 0 Å². The van der Waals surface area contributed by atoms with Gasteiger partial charge in [-0.05, 0) is 31.2 Å². The van der Waals surface area contributed by atoms with Crippen LogP contribution in [0.4, 0.5) is 5.69 Å². The summed E-state index contributed by atoms with van der Waals surface area (Å²) in [4.78, 5) is 15.0. The number of rotatable bonds is 8. The Labute approximate surface area is 158 Å². The molecule has 0 radical (unpaired) electrons. The Bertz CT molecular complexity index is 876. The molecule has 9 heteroatoms. The number of anilines is 1. The minimum Gasteiger partial charge on any atom is -0.492 e. The van der Waals surface area contributed by atoms with Crippen LogP contribution in [0.2, 0.25) is 5.02 Å². The van der Waals surface area contributed by atoms with Crippen LogP contribution < -0.4 is 10.1 Å². The van der Waals surface area contributed by atoms with Gasteiger partial charge in [-0.3, -0.25) is 4.79 Å². The third kappa shape index (κ3) is 4.38. The number of H-pyrrole nitrogens is 1. The Morgan fingerprint density at radius 2 is 1.92 bits per heavy atom. The number of aromatic amines is 1. The van der Waals surface area contributed by atoms with E-state index in [-0.39, 0.29) is 16.3 Å². The van der Waals surface area contributed by atoms with Crippen molar-refractivity contribution in [1.29, 1.82) is 0 Å². The van der Waals surface area contributed by atoms with E-state index in [4.69, 9.17) is 16.3 Å². The number of carbonyl (C=O) groups is 1. The number of hydrogen-bond donors (Lipinski definition) is 2. The number of aromatic nitrogens is 1. The van der Waals surface area contributed by atoms with E-state index in [0.29, 0.717) is 30.4 Å². The molecule has 1 heterocycles. The van der Waals surface area contributed by atoms with E-state index in [1.807, 2.05) is 0 Å². The molecule has 0 unspecified atom stereocenters. The standard InChI is InChI=1S/C17H22ClN3O4S/c1-4-21(5-2)26(23,24)16-10-13(7-8-15(16)25-6-3)20-17(22)14-9-12(18)11-19-14/h7-11,19H,4-6H2,1-3H3,(H,20,22). The van der Waals surface area contributed by atoms with Gasteiger partial charge < -0.3 is 15.0 Å². The number of halogens is 1. The molecule has 0 saturated heterocycles. The van der Waals surface area contributed by atoms with Crippen molar-refractivity contribution in [2.75, 3.05) is 25.0 Å². The second kappa shape index (κ2) is 8.57. The zero-order valence-corrected chi connectivity index (χ0v) is 16.4. The average Bonchev–Trinajstić information content (AvgIpc) is 3.04. The molecule has 2 aromatic rings. The van der Waals surface area contributed by atoms with Gasteiger partial charge in [0.25, 0.3) is 5.91 Å². The Kier molecular flexibility index (Phi) is 6.69. The largest absolute Gasteiger partial charge is 0.492 e. The fourth-order valence-electron chi connectivity index (χ4n) is 2.46. The fourth-order valence-corrected chi connectivity index (χ4v) is 4.24. The third-order valence-corrected chi connectivity index (χ3v) is 6.01. The lowest BCUT2D eigenvalue weighted by Crippen LogP contribution is -2.31. The van der Waals surface area contributed by atoms with Gasteiger partial charge in [-0.15, -0.1) is 0 Å². The Morgan fingerprint density at radius 1 is 1.23 bits per heavy atom. The van der Waals surface area contributed by atoms with E-state index in [0.717, 1.165) is 0 Å². The average molecular weight is 400 g/mol. The van der Waals surface area contributed by atoms with Crippen molar-refractivity contribution in [3.05, 3.63) is 41.2 Å². The minimum absolute atomic E-state index is 0.0189. The number of carbonyl (C=O) groups excluding carboxylic acids is 1. The Morgan fingerprint density at radius 3 is 2.46 bits per heavy atom. The van der Waals surface area contributed by atoms with Crippen LogP contribution in [0.5, 0.6) is 5.75 Å². The van der Waals surface area contributed by atoms with Gasteiger partial charge in [-0.1, -0.05) is 25.4 Å². The number of sulfonamides is 1. The van der Waals surface area contributed by atoms with Gasteiger partial charge in [0, 0.05) is 25.0 Å². The second-order valence-electron chi connectivity index (χ2n) is 5.37. The summed E-state index contributed by atoms with van der Waals surface area (Å²) in [5, 5.41) is 3.07.